The van der Waals surface area contributed by atoms with E-state index >= 15 is 0 Å². The SMILES string of the molecule is CCN(Cc1ccc(OC)c(OC)c1)C(=O)[C@@H]1COc2ccccc2O1. The average molecular weight is 357 g/mol. The third-order valence-electron chi connectivity index (χ3n) is 4.30. The predicted octanol–water partition coefficient (Wildman–Crippen LogP) is 2.89. The molecule has 2 aromatic rings. The molecule has 0 radical (unpaired) electrons. The number of carbonyl (C=O) groups excluding carboxylic acids is 1. The number of fused-ring (bicyclic) bond motifs is 1. The van der Waals surface area contributed by atoms with Crippen molar-refractivity contribution in [2.24, 2.45) is 0 Å². The van der Waals surface area contributed by atoms with Crippen LogP contribution in [0.2, 0.25) is 0 Å². The van der Waals surface area contributed by atoms with Gasteiger partial charge >= 0.3 is 0 Å². The molecule has 0 spiro atoms. The first-order valence-electron chi connectivity index (χ1n) is 8.54. The Morgan fingerprint density at radius 3 is 2.54 bits per heavy atom. The summed E-state index contributed by atoms with van der Waals surface area (Å²) in [7, 11) is 3.19. The first-order valence-corrected chi connectivity index (χ1v) is 8.54. The molecule has 0 aromatic heterocycles. The molecule has 1 aliphatic heterocycles. The molecular formula is C20H23NO5. The number of hydrogen-bond acceptors (Lipinski definition) is 5. The zero-order chi connectivity index (χ0) is 18.5. The van der Waals surface area contributed by atoms with Gasteiger partial charge < -0.3 is 23.8 Å². The fourth-order valence-corrected chi connectivity index (χ4v) is 2.89. The van der Waals surface area contributed by atoms with Crippen molar-refractivity contribution >= 4 is 5.91 Å². The lowest BCUT2D eigenvalue weighted by Crippen LogP contribution is -2.46. The summed E-state index contributed by atoms with van der Waals surface area (Å²) in [6.45, 7) is 3.17. The minimum Gasteiger partial charge on any atom is -0.493 e. The van der Waals surface area contributed by atoms with Crippen LogP contribution >= 0.6 is 0 Å². The number of amides is 1. The minimum atomic E-state index is -0.648. The van der Waals surface area contributed by atoms with Crippen LogP contribution < -0.4 is 18.9 Å². The Bertz CT molecular complexity index is 777. The normalized spacial score (nSPS) is 15.3. The van der Waals surface area contributed by atoms with Gasteiger partial charge in [-0.25, -0.2) is 0 Å². The fourth-order valence-electron chi connectivity index (χ4n) is 2.89. The summed E-state index contributed by atoms with van der Waals surface area (Å²) >= 11 is 0. The number of rotatable bonds is 6. The van der Waals surface area contributed by atoms with E-state index in [-0.39, 0.29) is 12.5 Å². The van der Waals surface area contributed by atoms with Crippen LogP contribution in [0.1, 0.15) is 12.5 Å². The maximum atomic E-state index is 12.9. The van der Waals surface area contributed by atoms with Crippen molar-refractivity contribution in [3.05, 3.63) is 48.0 Å². The first kappa shape index (κ1) is 17.9. The summed E-state index contributed by atoms with van der Waals surface area (Å²) in [6, 6.07) is 13.0. The maximum Gasteiger partial charge on any atom is 0.267 e. The van der Waals surface area contributed by atoms with Crippen LogP contribution in [0.25, 0.3) is 0 Å². The third-order valence-corrected chi connectivity index (χ3v) is 4.30. The number of para-hydroxylation sites is 2. The van der Waals surface area contributed by atoms with Crippen molar-refractivity contribution in [1.82, 2.24) is 4.90 Å². The number of likely N-dealkylation sites (N-methyl/N-ethyl adjacent to an activating group) is 1. The second-order valence-corrected chi connectivity index (χ2v) is 5.91. The van der Waals surface area contributed by atoms with E-state index < -0.39 is 6.10 Å². The number of ether oxygens (including phenoxy) is 4. The largest absolute Gasteiger partial charge is 0.493 e. The Labute approximate surface area is 153 Å². The van der Waals surface area contributed by atoms with E-state index in [1.54, 1.807) is 25.2 Å². The summed E-state index contributed by atoms with van der Waals surface area (Å²) < 4.78 is 22.1. The van der Waals surface area contributed by atoms with E-state index in [0.29, 0.717) is 36.1 Å². The summed E-state index contributed by atoms with van der Waals surface area (Å²) in [5, 5.41) is 0. The Kier molecular flexibility index (Phi) is 5.51. The Morgan fingerprint density at radius 2 is 1.85 bits per heavy atom. The van der Waals surface area contributed by atoms with Crippen molar-refractivity contribution in [3.63, 3.8) is 0 Å². The highest BCUT2D eigenvalue weighted by Crippen LogP contribution is 2.32. The molecule has 138 valence electrons. The van der Waals surface area contributed by atoms with E-state index in [4.69, 9.17) is 18.9 Å². The van der Waals surface area contributed by atoms with Gasteiger partial charge in [-0.15, -0.1) is 0 Å². The molecular weight excluding hydrogens is 334 g/mol. The van der Waals surface area contributed by atoms with Crippen molar-refractivity contribution in [1.29, 1.82) is 0 Å². The highest BCUT2D eigenvalue weighted by molar-refractivity contribution is 5.82. The molecule has 0 unspecified atom stereocenters. The van der Waals surface area contributed by atoms with E-state index in [1.807, 2.05) is 43.3 Å². The lowest BCUT2D eigenvalue weighted by atomic mass is 10.1. The van der Waals surface area contributed by atoms with Crippen molar-refractivity contribution in [3.8, 4) is 23.0 Å². The number of methoxy groups -OCH3 is 2. The van der Waals surface area contributed by atoms with Crippen molar-refractivity contribution in [2.75, 3.05) is 27.4 Å². The number of nitrogens with zero attached hydrogens (tertiary/aromatic N) is 1. The van der Waals surface area contributed by atoms with Gasteiger partial charge in [0, 0.05) is 13.1 Å². The molecule has 0 aliphatic carbocycles. The Hall–Kier alpha value is -2.89. The van der Waals surface area contributed by atoms with Crippen LogP contribution in [0, 0.1) is 0 Å². The molecule has 2 aromatic carbocycles. The molecule has 0 N–H and O–H groups in total. The molecule has 0 fully saturated rings. The molecule has 26 heavy (non-hydrogen) atoms. The van der Waals surface area contributed by atoms with E-state index in [2.05, 4.69) is 0 Å². The van der Waals surface area contributed by atoms with Crippen LogP contribution in [-0.2, 0) is 11.3 Å². The Morgan fingerprint density at radius 1 is 1.12 bits per heavy atom. The molecule has 3 rings (SSSR count). The van der Waals surface area contributed by atoms with E-state index in [0.717, 1.165) is 5.56 Å². The summed E-state index contributed by atoms with van der Waals surface area (Å²) in [5.74, 6) is 2.46. The van der Waals surface area contributed by atoms with Crippen LogP contribution in [0.3, 0.4) is 0 Å². The van der Waals surface area contributed by atoms with Crippen LogP contribution in [0.5, 0.6) is 23.0 Å². The van der Waals surface area contributed by atoms with Gasteiger partial charge in [-0.2, -0.15) is 0 Å². The van der Waals surface area contributed by atoms with Gasteiger partial charge in [0.2, 0.25) is 6.10 Å². The monoisotopic (exact) mass is 357 g/mol. The average Bonchev–Trinajstić information content (AvgIpc) is 2.70. The van der Waals surface area contributed by atoms with E-state index in [9.17, 15) is 4.79 Å². The molecule has 1 heterocycles. The highest BCUT2D eigenvalue weighted by Gasteiger charge is 2.30. The van der Waals surface area contributed by atoms with Crippen molar-refractivity contribution < 1.29 is 23.7 Å². The number of hydrogen-bond donors (Lipinski definition) is 0. The third kappa shape index (κ3) is 3.69. The zero-order valence-corrected chi connectivity index (χ0v) is 15.2. The van der Waals surface area contributed by atoms with Gasteiger partial charge in [0.15, 0.2) is 23.0 Å². The zero-order valence-electron chi connectivity index (χ0n) is 15.2. The van der Waals surface area contributed by atoms with Crippen molar-refractivity contribution in [2.45, 2.75) is 19.6 Å². The van der Waals surface area contributed by atoms with Gasteiger partial charge in [0.1, 0.15) is 6.61 Å². The van der Waals surface area contributed by atoms with Gasteiger partial charge in [-0.3, -0.25) is 4.79 Å². The molecule has 1 aliphatic rings. The van der Waals surface area contributed by atoms with Crippen LogP contribution in [-0.4, -0.2) is 44.3 Å². The van der Waals surface area contributed by atoms with Gasteiger partial charge in [-0.1, -0.05) is 18.2 Å². The van der Waals surface area contributed by atoms with Gasteiger partial charge in [0.05, 0.1) is 14.2 Å². The predicted molar refractivity (Wildman–Crippen MR) is 97.0 cm³/mol. The first-order chi connectivity index (χ1) is 12.7. The smallest absolute Gasteiger partial charge is 0.267 e. The lowest BCUT2D eigenvalue weighted by molar-refractivity contribution is -0.141. The minimum absolute atomic E-state index is 0.100. The number of carbonyl (C=O) groups is 1. The molecule has 0 saturated heterocycles. The quantitative estimate of drug-likeness (QED) is 0.796. The lowest BCUT2D eigenvalue weighted by Gasteiger charge is -2.30. The second kappa shape index (κ2) is 7.99. The molecule has 0 saturated carbocycles. The summed E-state index contributed by atoms with van der Waals surface area (Å²) in [6.07, 6.45) is -0.648. The molecule has 0 bridgehead atoms. The van der Waals surface area contributed by atoms with Crippen LogP contribution in [0.15, 0.2) is 42.5 Å². The standard InChI is InChI=1S/C20H23NO5/c1-4-21(12-14-9-10-15(23-2)18(11-14)24-3)20(22)19-13-25-16-7-5-6-8-17(16)26-19/h5-11,19H,4,12-13H2,1-3H3/t19-/m0/s1. The maximum absolute atomic E-state index is 12.9. The van der Waals surface area contributed by atoms with Gasteiger partial charge in [0.25, 0.3) is 5.91 Å². The molecule has 1 atom stereocenters. The second-order valence-electron chi connectivity index (χ2n) is 5.91. The highest BCUT2D eigenvalue weighted by atomic mass is 16.6. The topological polar surface area (TPSA) is 57.2 Å². The molecule has 6 nitrogen and oxygen atoms in total. The van der Waals surface area contributed by atoms with Gasteiger partial charge in [-0.05, 0) is 36.8 Å². The molecule has 1 amide bonds. The number of benzene rings is 2. The molecule has 6 heteroatoms. The van der Waals surface area contributed by atoms with E-state index in [1.165, 1.54) is 0 Å². The van der Waals surface area contributed by atoms with Crippen LogP contribution in [0.4, 0.5) is 0 Å². The summed E-state index contributed by atoms with van der Waals surface area (Å²) in [4.78, 5) is 14.6. The summed E-state index contributed by atoms with van der Waals surface area (Å²) in [5.41, 5.74) is 0.954. The Balaban J connectivity index is 1.72. The fraction of sp³-hybridized carbons (Fsp3) is 0.350.